The van der Waals surface area contributed by atoms with E-state index >= 15 is 0 Å². The summed E-state index contributed by atoms with van der Waals surface area (Å²) in [6.45, 7) is 6.14. The highest BCUT2D eigenvalue weighted by atomic mass is 16.1. The van der Waals surface area contributed by atoms with Gasteiger partial charge in [-0.15, -0.1) is 5.10 Å². The fourth-order valence-corrected chi connectivity index (χ4v) is 2.72. The van der Waals surface area contributed by atoms with Crippen LogP contribution >= 0.6 is 0 Å². The molecule has 122 valence electrons. The molecule has 3 aromatic rings. The summed E-state index contributed by atoms with van der Waals surface area (Å²) in [4.78, 5) is 11.5. The van der Waals surface area contributed by atoms with E-state index in [9.17, 15) is 4.79 Å². The fraction of sp³-hybridized carbons (Fsp3) is 0.211. The molecular weight excluding hydrogens is 300 g/mol. The highest BCUT2D eigenvalue weighted by Gasteiger charge is 2.10. The van der Waals surface area contributed by atoms with Crippen molar-refractivity contribution in [2.24, 2.45) is 5.73 Å². The van der Waals surface area contributed by atoms with E-state index in [2.05, 4.69) is 35.4 Å². The number of nitrogens with zero attached hydrogens (tertiary/aromatic N) is 2. The number of rotatable bonds is 4. The van der Waals surface area contributed by atoms with Gasteiger partial charge >= 0.3 is 0 Å². The first-order chi connectivity index (χ1) is 11.5. The van der Waals surface area contributed by atoms with Crippen LogP contribution in [0.15, 0.2) is 42.6 Å². The van der Waals surface area contributed by atoms with Crippen molar-refractivity contribution >= 4 is 22.5 Å². The van der Waals surface area contributed by atoms with E-state index in [-0.39, 0.29) is 6.04 Å². The van der Waals surface area contributed by atoms with Gasteiger partial charge < -0.3 is 11.1 Å². The van der Waals surface area contributed by atoms with Crippen molar-refractivity contribution in [3.63, 3.8) is 0 Å². The minimum Gasteiger partial charge on any atom is -0.366 e. The second kappa shape index (κ2) is 6.28. The number of carbonyl (C=O) groups excluding carboxylic acids is 1. The van der Waals surface area contributed by atoms with Gasteiger partial charge in [0.05, 0.1) is 6.20 Å². The smallest absolute Gasteiger partial charge is 0.248 e. The van der Waals surface area contributed by atoms with Crippen LogP contribution in [0, 0.1) is 6.92 Å². The zero-order valence-electron chi connectivity index (χ0n) is 14.0. The fourth-order valence-electron chi connectivity index (χ4n) is 2.72. The van der Waals surface area contributed by atoms with Crippen molar-refractivity contribution in [3.8, 4) is 11.1 Å². The van der Waals surface area contributed by atoms with Gasteiger partial charge in [0, 0.05) is 22.4 Å². The van der Waals surface area contributed by atoms with Gasteiger partial charge in [-0.25, -0.2) is 0 Å². The Morgan fingerprint density at radius 2 is 1.96 bits per heavy atom. The number of anilines is 1. The van der Waals surface area contributed by atoms with Crippen LogP contribution in [0.2, 0.25) is 0 Å². The lowest BCUT2D eigenvalue weighted by Gasteiger charge is -2.12. The van der Waals surface area contributed by atoms with Gasteiger partial charge in [0.2, 0.25) is 5.91 Å². The predicted molar refractivity (Wildman–Crippen MR) is 97.0 cm³/mol. The summed E-state index contributed by atoms with van der Waals surface area (Å²) in [5, 5.41) is 13.6. The van der Waals surface area contributed by atoms with Gasteiger partial charge in [0.25, 0.3) is 0 Å². The molecule has 3 rings (SSSR count). The van der Waals surface area contributed by atoms with Crippen molar-refractivity contribution in [2.75, 3.05) is 5.32 Å². The van der Waals surface area contributed by atoms with Gasteiger partial charge in [-0.05, 0) is 61.7 Å². The third-order valence-corrected chi connectivity index (χ3v) is 3.92. The monoisotopic (exact) mass is 320 g/mol. The van der Waals surface area contributed by atoms with Crippen LogP contribution in [0.25, 0.3) is 21.9 Å². The number of nitrogens with one attached hydrogen (secondary N) is 1. The lowest BCUT2D eigenvalue weighted by Crippen LogP contribution is -2.11. The summed E-state index contributed by atoms with van der Waals surface area (Å²) >= 11 is 0. The molecule has 0 unspecified atom stereocenters. The van der Waals surface area contributed by atoms with Crippen LogP contribution in [0.1, 0.15) is 29.8 Å². The summed E-state index contributed by atoms with van der Waals surface area (Å²) in [7, 11) is 0. The van der Waals surface area contributed by atoms with Crippen LogP contribution in [-0.4, -0.2) is 22.1 Å². The molecule has 0 spiro atoms. The number of benzene rings is 2. The number of amides is 1. The molecule has 0 aliphatic heterocycles. The Morgan fingerprint density at radius 3 is 2.67 bits per heavy atom. The zero-order chi connectivity index (χ0) is 17.3. The quantitative estimate of drug-likeness (QED) is 0.770. The molecule has 2 aromatic carbocycles. The van der Waals surface area contributed by atoms with E-state index in [1.165, 1.54) is 0 Å². The van der Waals surface area contributed by atoms with Crippen molar-refractivity contribution in [1.29, 1.82) is 0 Å². The Bertz CT molecular complexity index is 918. The number of carbonyl (C=O) groups is 1. The largest absolute Gasteiger partial charge is 0.366 e. The molecule has 1 aromatic heterocycles. The van der Waals surface area contributed by atoms with Crippen LogP contribution in [0.3, 0.4) is 0 Å². The molecule has 0 fully saturated rings. The number of fused-ring (bicyclic) bond motifs is 1. The summed E-state index contributed by atoms with van der Waals surface area (Å²) in [6, 6.07) is 11.9. The average molecular weight is 320 g/mol. The lowest BCUT2D eigenvalue weighted by molar-refractivity contribution is 0.100. The molecule has 24 heavy (non-hydrogen) atoms. The van der Waals surface area contributed by atoms with E-state index in [0.29, 0.717) is 5.56 Å². The summed E-state index contributed by atoms with van der Waals surface area (Å²) in [6.07, 6.45) is 1.75. The van der Waals surface area contributed by atoms with Crippen molar-refractivity contribution in [3.05, 3.63) is 53.7 Å². The molecule has 0 saturated heterocycles. The third-order valence-electron chi connectivity index (χ3n) is 3.92. The van der Waals surface area contributed by atoms with E-state index in [1.54, 1.807) is 12.3 Å². The Morgan fingerprint density at radius 1 is 1.17 bits per heavy atom. The first-order valence-electron chi connectivity index (χ1n) is 7.88. The maximum absolute atomic E-state index is 11.5. The predicted octanol–water partition coefficient (Wildman–Crippen LogP) is 3.52. The highest BCUT2D eigenvalue weighted by Crippen LogP contribution is 2.29. The summed E-state index contributed by atoms with van der Waals surface area (Å²) in [5.74, 6) is 0.350. The van der Waals surface area contributed by atoms with Crippen LogP contribution in [0.4, 0.5) is 5.82 Å². The molecule has 5 heteroatoms. The Labute approximate surface area is 140 Å². The molecule has 0 bridgehead atoms. The molecule has 1 heterocycles. The Balaban J connectivity index is 2.12. The molecule has 0 saturated carbocycles. The molecule has 1 amide bonds. The first-order valence-corrected chi connectivity index (χ1v) is 7.88. The number of primary amides is 1. The van der Waals surface area contributed by atoms with E-state index in [1.807, 2.05) is 31.2 Å². The second-order valence-electron chi connectivity index (χ2n) is 6.19. The Kier molecular flexibility index (Phi) is 4.16. The molecule has 0 atom stereocenters. The minimum absolute atomic E-state index is 0.277. The summed E-state index contributed by atoms with van der Waals surface area (Å²) < 4.78 is 0. The Hall–Kier alpha value is -2.95. The zero-order valence-corrected chi connectivity index (χ0v) is 14.0. The van der Waals surface area contributed by atoms with Gasteiger partial charge in [0.15, 0.2) is 5.82 Å². The number of aryl methyl sites for hydroxylation is 1. The first kappa shape index (κ1) is 15.9. The molecule has 0 aliphatic rings. The van der Waals surface area contributed by atoms with Gasteiger partial charge in [-0.1, -0.05) is 12.1 Å². The maximum atomic E-state index is 11.5. The average Bonchev–Trinajstić information content (AvgIpc) is 2.54. The van der Waals surface area contributed by atoms with Gasteiger partial charge in [-0.3, -0.25) is 4.79 Å². The SMILES string of the molecule is Cc1ccc(C(N)=O)cc1-c1ccc2c(NC(C)C)nncc2c1. The highest BCUT2D eigenvalue weighted by molar-refractivity contribution is 5.96. The molecule has 0 aliphatic carbocycles. The van der Waals surface area contributed by atoms with Crippen LogP contribution in [0.5, 0.6) is 0 Å². The minimum atomic E-state index is -0.425. The van der Waals surface area contributed by atoms with E-state index < -0.39 is 5.91 Å². The van der Waals surface area contributed by atoms with Crippen LogP contribution < -0.4 is 11.1 Å². The number of hydrogen-bond acceptors (Lipinski definition) is 4. The number of aromatic nitrogens is 2. The van der Waals surface area contributed by atoms with E-state index in [4.69, 9.17) is 5.73 Å². The second-order valence-corrected chi connectivity index (χ2v) is 6.19. The third kappa shape index (κ3) is 3.06. The van der Waals surface area contributed by atoms with Gasteiger partial charge in [-0.2, -0.15) is 5.10 Å². The normalized spacial score (nSPS) is 11.0. The topological polar surface area (TPSA) is 80.9 Å². The molecule has 3 N–H and O–H groups in total. The molecule has 5 nitrogen and oxygen atoms in total. The van der Waals surface area contributed by atoms with Crippen LogP contribution in [-0.2, 0) is 0 Å². The van der Waals surface area contributed by atoms with E-state index in [0.717, 1.165) is 33.3 Å². The van der Waals surface area contributed by atoms with Crippen molar-refractivity contribution in [1.82, 2.24) is 10.2 Å². The summed E-state index contributed by atoms with van der Waals surface area (Å²) in [5.41, 5.74) is 9.00. The standard InChI is InChI=1S/C19H20N4O/c1-11(2)22-19-16-7-6-13(8-15(16)10-21-23-19)17-9-14(18(20)24)5-4-12(17)3/h4-11H,1-3H3,(H2,20,24)(H,22,23). The van der Waals surface area contributed by atoms with Gasteiger partial charge in [0.1, 0.15) is 0 Å². The molecule has 0 radical (unpaired) electrons. The van der Waals surface area contributed by atoms with Crippen molar-refractivity contribution < 1.29 is 4.79 Å². The maximum Gasteiger partial charge on any atom is 0.248 e. The lowest BCUT2D eigenvalue weighted by atomic mass is 9.96. The van der Waals surface area contributed by atoms with Crippen molar-refractivity contribution in [2.45, 2.75) is 26.8 Å². The molecular formula is C19H20N4O. The number of nitrogens with two attached hydrogens (primary N) is 1. The number of hydrogen-bond donors (Lipinski definition) is 2.